The number of carboxylic acids is 1. The van der Waals surface area contributed by atoms with E-state index in [1.54, 1.807) is 13.8 Å². The molecule has 4 aliphatic carbocycles. The first-order valence-corrected chi connectivity index (χ1v) is 13.6. The van der Waals surface area contributed by atoms with Crippen molar-refractivity contribution in [3.8, 4) is 0 Å². The zero-order chi connectivity index (χ0) is 26.1. The monoisotopic (exact) mass is 490 g/mol. The van der Waals surface area contributed by atoms with Crippen LogP contribution in [0.15, 0.2) is 23.3 Å². The van der Waals surface area contributed by atoms with Gasteiger partial charge in [0.2, 0.25) is 0 Å². The summed E-state index contributed by atoms with van der Waals surface area (Å²) >= 11 is 0. The van der Waals surface area contributed by atoms with Crippen LogP contribution in [0.4, 0.5) is 0 Å². The summed E-state index contributed by atoms with van der Waals surface area (Å²) in [5.41, 5.74) is 0.828. The number of rotatable bonds is 6. The molecule has 6 heteroatoms. The summed E-state index contributed by atoms with van der Waals surface area (Å²) in [5, 5.41) is 54.1. The molecule has 4 rings (SSSR count). The number of aliphatic carboxylic acids is 1. The van der Waals surface area contributed by atoms with Gasteiger partial charge < -0.3 is 25.5 Å². The quantitative estimate of drug-likeness (QED) is 0.358. The van der Waals surface area contributed by atoms with Crippen molar-refractivity contribution in [3.63, 3.8) is 0 Å². The first-order valence-electron chi connectivity index (χ1n) is 13.6. The lowest BCUT2D eigenvalue weighted by molar-refractivity contribution is -0.177. The molecule has 0 aliphatic heterocycles. The summed E-state index contributed by atoms with van der Waals surface area (Å²) in [5.74, 6) is -0.762. The van der Waals surface area contributed by atoms with Crippen molar-refractivity contribution in [2.24, 2.45) is 40.4 Å². The van der Waals surface area contributed by atoms with Crippen LogP contribution in [-0.4, -0.2) is 55.4 Å². The van der Waals surface area contributed by atoms with E-state index >= 15 is 0 Å². The maximum Gasteiger partial charge on any atom is 0.310 e. The van der Waals surface area contributed by atoms with Crippen LogP contribution in [0.5, 0.6) is 0 Å². The standard InChI is InChI=1S/C29H46O6/c1-15(17(3)26(33)34)7-8-16(2)18-9-10-19-24-20(30)13-22-27(4,12-11-23(32)29(22,6)35)25(24)21(31)14-28(18,19)5/h16-23,30-32,35H,1,7-14H2,2-6H3,(H,33,34)/t16-,17+,18-,19+,20+,21?,22-,23-,27+,28-,29-/m1/s1. The highest BCUT2D eigenvalue weighted by Gasteiger charge is 2.63. The maximum absolute atomic E-state index is 11.6. The molecule has 4 aliphatic rings. The van der Waals surface area contributed by atoms with E-state index in [2.05, 4.69) is 27.4 Å². The van der Waals surface area contributed by atoms with Crippen molar-refractivity contribution in [1.82, 2.24) is 0 Å². The van der Waals surface area contributed by atoms with Crippen LogP contribution in [0.2, 0.25) is 0 Å². The minimum atomic E-state index is -1.30. The van der Waals surface area contributed by atoms with E-state index < -0.39 is 41.2 Å². The van der Waals surface area contributed by atoms with E-state index in [1.807, 2.05) is 0 Å². The van der Waals surface area contributed by atoms with Crippen molar-refractivity contribution < 1.29 is 30.3 Å². The Morgan fingerprint density at radius 2 is 1.74 bits per heavy atom. The third-order valence-corrected chi connectivity index (χ3v) is 11.2. The Morgan fingerprint density at radius 1 is 1.09 bits per heavy atom. The number of carboxylic acid groups (broad SMARTS) is 1. The first-order chi connectivity index (χ1) is 16.2. The summed E-state index contributed by atoms with van der Waals surface area (Å²) in [6.07, 6.45) is 3.57. The minimum absolute atomic E-state index is 0.141. The number of carbonyl (C=O) groups is 1. The lowest BCUT2D eigenvalue weighted by Crippen LogP contribution is -2.62. The molecule has 0 heterocycles. The van der Waals surface area contributed by atoms with Gasteiger partial charge in [-0.3, -0.25) is 4.79 Å². The summed E-state index contributed by atoms with van der Waals surface area (Å²) in [4.78, 5) is 11.3. The van der Waals surface area contributed by atoms with Crippen molar-refractivity contribution in [3.05, 3.63) is 23.3 Å². The molecule has 0 saturated heterocycles. The predicted molar refractivity (Wildman–Crippen MR) is 134 cm³/mol. The summed E-state index contributed by atoms with van der Waals surface area (Å²) in [6, 6.07) is 0. The van der Waals surface area contributed by atoms with Gasteiger partial charge in [0.05, 0.1) is 29.8 Å². The fourth-order valence-corrected chi connectivity index (χ4v) is 8.98. The van der Waals surface area contributed by atoms with E-state index in [9.17, 15) is 30.3 Å². The average Bonchev–Trinajstić information content (AvgIpc) is 3.12. The number of aliphatic hydroxyl groups excluding tert-OH is 3. The smallest absolute Gasteiger partial charge is 0.310 e. The van der Waals surface area contributed by atoms with Gasteiger partial charge in [0.1, 0.15) is 0 Å². The van der Waals surface area contributed by atoms with Gasteiger partial charge in [0.25, 0.3) is 0 Å². The molecule has 0 spiro atoms. The zero-order valence-corrected chi connectivity index (χ0v) is 22.1. The molecule has 5 N–H and O–H groups in total. The molecule has 0 bridgehead atoms. The largest absolute Gasteiger partial charge is 0.481 e. The van der Waals surface area contributed by atoms with Gasteiger partial charge in [0.15, 0.2) is 0 Å². The Hall–Kier alpha value is -1.21. The topological polar surface area (TPSA) is 118 Å². The zero-order valence-electron chi connectivity index (χ0n) is 22.1. The van der Waals surface area contributed by atoms with Crippen LogP contribution >= 0.6 is 0 Å². The van der Waals surface area contributed by atoms with Gasteiger partial charge in [-0.05, 0) is 105 Å². The third kappa shape index (κ3) is 4.03. The lowest BCUT2D eigenvalue weighted by Gasteiger charge is -2.60. The van der Waals surface area contributed by atoms with Crippen molar-refractivity contribution in [2.75, 3.05) is 0 Å². The molecule has 0 radical (unpaired) electrons. The molecule has 0 amide bonds. The minimum Gasteiger partial charge on any atom is -0.481 e. The summed E-state index contributed by atoms with van der Waals surface area (Å²) in [6.45, 7) is 14.0. The molecule has 2 saturated carbocycles. The maximum atomic E-state index is 11.6. The summed E-state index contributed by atoms with van der Waals surface area (Å²) < 4.78 is 0. The van der Waals surface area contributed by atoms with E-state index in [1.165, 1.54) is 0 Å². The normalized spacial score (nSPS) is 46.9. The molecular weight excluding hydrogens is 444 g/mol. The highest BCUT2D eigenvalue weighted by atomic mass is 16.4. The highest BCUT2D eigenvalue weighted by molar-refractivity contribution is 5.72. The number of aliphatic hydroxyl groups is 4. The van der Waals surface area contributed by atoms with Gasteiger partial charge in [-0.15, -0.1) is 0 Å². The van der Waals surface area contributed by atoms with Gasteiger partial charge in [-0.2, -0.15) is 0 Å². The Kier molecular flexibility index (Phi) is 6.88. The number of hydrogen-bond donors (Lipinski definition) is 5. The molecule has 0 aromatic carbocycles. The molecule has 0 aromatic rings. The molecule has 0 aromatic heterocycles. The van der Waals surface area contributed by atoms with Crippen LogP contribution in [0, 0.1) is 40.4 Å². The fraction of sp³-hybridized carbons (Fsp3) is 0.828. The molecule has 35 heavy (non-hydrogen) atoms. The van der Waals surface area contributed by atoms with E-state index in [0.29, 0.717) is 43.9 Å². The van der Waals surface area contributed by atoms with Crippen LogP contribution in [0.3, 0.4) is 0 Å². The van der Waals surface area contributed by atoms with Crippen LogP contribution < -0.4 is 0 Å². The van der Waals surface area contributed by atoms with Crippen molar-refractivity contribution >= 4 is 5.97 Å². The predicted octanol–water partition coefficient (Wildman–Crippen LogP) is 4.07. The van der Waals surface area contributed by atoms with Gasteiger partial charge in [-0.25, -0.2) is 0 Å². The first kappa shape index (κ1) is 26.8. The molecule has 6 nitrogen and oxygen atoms in total. The van der Waals surface area contributed by atoms with Crippen molar-refractivity contribution in [2.45, 2.75) is 110 Å². The Morgan fingerprint density at radius 3 is 2.37 bits per heavy atom. The van der Waals surface area contributed by atoms with E-state index in [4.69, 9.17) is 0 Å². The lowest BCUT2D eigenvalue weighted by atomic mass is 9.46. The van der Waals surface area contributed by atoms with Crippen molar-refractivity contribution in [1.29, 1.82) is 0 Å². The Balaban J connectivity index is 1.62. The molecule has 2 fully saturated rings. The van der Waals surface area contributed by atoms with Gasteiger partial charge in [-0.1, -0.05) is 32.9 Å². The highest BCUT2D eigenvalue weighted by Crippen LogP contribution is 2.67. The van der Waals surface area contributed by atoms with E-state index in [0.717, 1.165) is 36.0 Å². The average molecular weight is 491 g/mol. The Labute approximate surface area is 210 Å². The number of hydrogen-bond acceptors (Lipinski definition) is 5. The number of fused-ring (bicyclic) bond motifs is 4. The fourth-order valence-electron chi connectivity index (χ4n) is 8.98. The Bertz CT molecular complexity index is 907. The second-order valence-corrected chi connectivity index (χ2v) is 13.1. The second kappa shape index (κ2) is 8.97. The molecule has 198 valence electrons. The molecule has 1 unspecified atom stereocenters. The van der Waals surface area contributed by atoms with Crippen LogP contribution in [0.1, 0.15) is 86.0 Å². The van der Waals surface area contributed by atoms with Crippen LogP contribution in [0.25, 0.3) is 0 Å². The van der Waals surface area contributed by atoms with Gasteiger partial charge >= 0.3 is 5.97 Å². The third-order valence-electron chi connectivity index (χ3n) is 11.2. The molecular formula is C29H46O6. The summed E-state index contributed by atoms with van der Waals surface area (Å²) in [7, 11) is 0. The van der Waals surface area contributed by atoms with Crippen LogP contribution in [-0.2, 0) is 4.79 Å². The van der Waals surface area contributed by atoms with Gasteiger partial charge in [0, 0.05) is 5.92 Å². The SMILES string of the molecule is C=C(CC[C@@H](C)[C@H]1CC[C@H]2C3=C(C(O)C[C@]12C)[C@@]1(C)CC[C@@H](O)[C@](C)(O)[C@@H]1C[C@@H]3O)[C@H](C)C(=O)O. The molecule has 11 atom stereocenters. The van der Waals surface area contributed by atoms with E-state index in [-0.39, 0.29) is 17.3 Å². The second-order valence-electron chi connectivity index (χ2n) is 13.1.